The van der Waals surface area contributed by atoms with Crippen molar-refractivity contribution in [2.45, 2.75) is 13.5 Å². The van der Waals surface area contributed by atoms with E-state index in [0.717, 1.165) is 23.5 Å². The van der Waals surface area contributed by atoms with Crippen LogP contribution in [0.15, 0.2) is 71.1 Å². The van der Waals surface area contributed by atoms with Gasteiger partial charge >= 0.3 is 5.89 Å². The maximum atomic E-state index is 5.97. The minimum Gasteiger partial charge on any atom is -1.00 e. The van der Waals surface area contributed by atoms with Gasteiger partial charge in [0, 0.05) is 34.4 Å². The summed E-state index contributed by atoms with van der Waals surface area (Å²) in [4.78, 5) is 0. The van der Waals surface area contributed by atoms with Crippen molar-refractivity contribution in [3.8, 4) is 0 Å². The lowest BCUT2D eigenvalue weighted by molar-refractivity contribution is -0.651. The number of aryl methyl sites for hydroxylation is 2. The lowest BCUT2D eigenvalue weighted by Gasteiger charge is -2.02. The number of aromatic nitrogens is 2. The number of para-hydroxylation sites is 3. The number of oxazole rings is 1. The van der Waals surface area contributed by atoms with Crippen molar-refractivity contribution in [2.75, 3.05) is 0 Å². The maximum Gasteiger partial charge on any atom is 0.373 e. The maximum absolute atomic E-state index is 5.97. The zero-order valence-corrected chi connectivity index (χ0v) is 18.1. The molecule has 0 atom stereocenters. The summed E-state index contributed by atoms with van der Waals surface area (Å²) in [6.45, 7) is 3.16. The van der Waals surface area contributed by atoms with Crippen LogP contribution in [-0.4, -0.2) is 4.57 Å². The van der Waals surface area contributed by atoms with Crippen LogP contribution in [-0.2, 0) is 13.6 Å². The molecule has 2 heterocycles. The first-order chi connectivity index (χ1) is 13.3. The highest BCUT2D eigenvalue weighted by Crippen LogP contribution is 2.30. The topological polar surface area (TPSA) is 21.9 Å². The molecule has 3 nitrogen and oxygen atoms in total. The van der Waals surface area contributed by atoms with Crippen LogP contribution in [0.2, 0.25) is 0 Å². The summed E-state index contributed by atoms with van der Waals surface area (Å²) in [5.41, 5.74) is 5.74. The first-order valence-electron chi connectivity index (χ1n) is 9.33. The second-order valence-electron chi connectivity index (χ2n) is 6.84. The van der Waals surface area contributed by atoms with E-state index < -0.39 is 0 Å². The van der Waals surface area contributed by atoms with E-state index in [1.54, 1.807) is 0 Å². The molecule has 0 amide bonds. The minimum atomic E-state index is 0. The number of hydrogen-bond donors (Lipinski definition) is 0. The van der Waals surface area contributed by atoms with Crippen molar-refractivity contribution in [3.05, 3.63) is 78.2 Å². The van der Waals surface area contributed by atoms with Gasteiger partial charge in [-0.1, -0.05) is 36.4 Å². The van der Waals surface area contributed by atoms with Gasteiger partial charge in [-0.05, 0) is 42.8 Å². The van der Waals surface area contributed by atoms with Gasteiger partial charge in [0.2, 0.25) is 5.58 Å². The second-order valence-corrected chi connectivity index (χ2v) is 6.84. The quantitative estimate of drug-likeness (QED) is 0.288. The predicted molar refractivity (Wildman–Crippen MR) is 111 cm³/mol. The summed E-state index contributed by atoms with van der Waals surface area (Å²) in [6.07, 6.45) is 4.16. The van der Waals surface area contributed by atoms with Gasteiger partial charge in [0.15, 0.2) is 0 Å². The van der Waals surface area contributed by atoms with Crippen LogP contribution < -0.4 is 28.5 Å². The van der Waals surface area contributed by atoms with E-state index in [0.29, 0.717) is 0 Å². The predicted octanol–water partition coefficient (Wildman–Crippen LogP) is 2.56. The summed E-state index contributed by atoms with van der Waals surface area (Å²) < 4.78 is 10.4. The fraction of sp³-hybridized carbons (Fsp3) is 0.125. The standard InChI is InChI=1S/C24H21N2O.HI/c1-3-26-20-9-5-4-8-18(20)19-16-17(12-14-21(19)26)13-15-24-25(2)22-10-6-7-11-23(22)27-24;/h4-16H,3H2,1-2H3;1H/q+1;/p-1. The molecule has 28 heavy (non-hydrogen) atoms. The van der Waals surface area contributed by atoms with E-state index in [9.17, 15) is 0 Å². The molecule has 0 spiro atoms. The van der Waals surface area contributed by atoms with E-state index in [4.69, 9.17) is 4.42 Å². The molecule has 0 fully saturated rings. The second kappa shape index (κ2) is 7.43. The SMILES string of the molecule is CCn1c2ccccc2c2cc(/C=C/c3oc4ccccc4[n+]3C)ccc21.[I-]. The molecule has 3 aromatic carbocycles. The zero-order valence-electron chi connectivity index (χ0n) is 15.9. The fourth-order valence-corrected chi connectivity index (χ4v) is 3.95. The lowest BCUT2D eigenvalue weighted by Crippen LogP contribution is -3.00. The number of rotatable bonds is 3. The van der Waals surface area contributed by atoms with E-state index >= 15 is 0 Å². The van der Waals surface area contributed by atoms with Crippen LogP contribution in [0, 0.1) is 0 Å². The third-order valence-electron chi connectivity index (χ3n) is 5.30. The molecule has 5 rings (SSSR count). The van der Waals surface area contributed by atoms with Gasteiger partial charge in [-0.2, -0.15) is 4.57 Å². The Bertz CT molecular complexity index is 1330. The number of benzene rings is 3. The summed E-state index contributed by atoms with van der Waals surface area (Å²) in [6, 6.07) is 23.4. The van der Waals surface area contributed by atoms with Crippen molar-refractivity contribution < 1.29 is 33.0 Å². The first kappa shape index (κ1) is 18.7. The van der Waals surface area contributed by atoms with Crippen LogP contribution in [0.5, 0.6) is 0 Å². The lowest BCUT2D eigenvalue weighted by atomic mass is 10.1. The Hall–Kier alpha value is -2.60. The van der Waals surface area contributed by atoms with Crippen molar-refractivity contribution in [3.63, 3.8) is 0 Å². The van der Waals surface area contributed by atoms with E-state index in [2.05, 4.69) is 70.7 Å². The molecular weight excluding hydrogens is 459 g/mol. The molecule has 140 valence electrons. The molecule has 0 aliphatic carbocycles. The molecule has 0 saturated heterocycles. The van der Waals surface area contributed by atoms with Crippen molar-refractivity contribution >= 4 is 45.1 Å². The summed E-state index contributed by atoms with van der Waals surface area (Å²) >= 11 is 0. The molecule has 0 aliphatic heterocycles. The molecule has 0 radical (unpaired) electrons. The number of fused-ring (bicyclic) bond motifs is 4. The molecule has 0 N–H and O–H groups in total. The molecule has 0 bridgehead atoms. The molecular formula is C24H21IN2O. The smallest absolute Gasteiger partial charge is 0.373 e. The van der Waals surface area contributed by atoms with Crippen LogP contribution in [0.3, 0.4) is 0 Å². The van der Waals surface area contributed by atoms with Crippen molar-refractivity contribution in [1.29, 1.82) is 0 Å². The normalized spacial score (nSPS) is 11.6. The molecule has 4 heteroatoms. The Balaban J connectivity index is 0.00000192. The van der Waals surface area contributed by atoms with Gasteiger partial charge in [-0.15, -0.1) is 0 Å². The minimum absolute atomic E-state index is 0. The van der Waals surface area contributed by atoms with E-state index in [1.807, 2.05) is 31.3 Å². The summed E-state index contributed by atoms with van der Waals surface area (Å²) in [5, 5.41) is 2.60. The summed E-state index contributed by atoms with van der Waals surface area (Å²) in [5.74, 6) is 0.840. The van der Waals surface area contributed by atoms with Crippen molar-refractivity contribution in [2.24, 2.45) is 7.05 Å². The van der Waals surface area contributed by atoms with Crippen LogP contribution in [0.25, 0.3) is 45.1 Å². The van der Waals surface area contributed by atoms with Crippen LogP contribution in [0.4, 0.5) is 0 Å². The third kappa shape index (κ3) is 2.92. The Kier molecular flexibility index (Phi) is 4.98. The van der Waals surface area contributed by atoms with Gasteiger partial charge in [0.1, 0.15) is 7.05 Å². The van der Waals surface area contributed by atoms with Crippen molar-refractivity contribution in [1.82, 2.24) is 4.57 Å². The Morgan fingerprint density at radius 3 is 2.46 bits per heavy atom. The number of nitrogens with zero attached hydrogens (tertiary/aromatic N) is 2. The molecule has 0 aliphatic rings. The summed E-state index contributed by atoms with van der Waals surface area (Å²) in [7, 11) is 2.03. The van der Waals surface area contributed by atoms with Crippen LogP contribution in [0.1, 0.15) is 18.4 Å². The number of hydrogen-bond acceptors (Lipinski definition) is 1. The highest BCUT2D eigenvalue weighted by Gasteiger charge is 2.15. The monoisotopic (exact) mass is 480 g/mol. The Labute approximate surface area is 180 Å². The van der Waals surface area contributed by atoms with Gasteiger partial charge < -0.3 is 33.0 Å². The third-order valence-corrected chi connectivity index (χ3v) is 5.30. The average molecular weight is 480 g/mol. The Morgan fingerprint density at radius 1 is 0.893 bits per heavy atom. The molecule has 0 unspecified atom stereocenters. The first-order valence-corrected chi connectivity index (χ1v) is 9.33. The molecule has 2 aromatic heterocycles. The largest absolute Gasteiger partial charge is 1.00 e. The Morgan fingerprint density at radius 2 is 1.64 bits per heavy atom. The number of halogens is 1. The van der Waals surface area contributed by atoms with Gasteiger partial charge in [0.25, 0.3) is 5.52 Å². The zero-order chi connectivity index (χ0) is 18.4. The van der Waals surface area contributed by atoms with Gasteiger partial charge in [0.05, 0.1) is 6.08 Å². The van der Waals surface area contributed by atoms with E-state index in [-0.39, 0.29) is 24.0 Å². The fourth-order valence-electron chi connectivity index (χ4n) is 3.95. The molecule has 0 saturated carbocycles. The molecule has 5 aromatic rings. The van der Waals surface area contributed by atoms with Gasteiger partial charge in [-0.3, -0.25) is 0 Å². The highest BCUT2D eigenvalue weighted by molar-refractivity contribution is 6.08. The van der Waals surface area contributed by atoms with E-state index in [1.165, 1.54) is 27.4 Å². The average Bonchev–Trinajstić information content (AvgIpc) is 3.21. The highest BCUT2D eigenvalue weighted by atomic mass is 127. The van der Waals surface area contributed by atoms with Crippen LogP contribution >= 0.6 is 0 Å². The van der Waals surface area contributed by atoms with Gasteiger partial charge in [-0.25, -0.2) is 0 Å².